The van der Waals surface area contributed by atoms with Gasteiger partial charge in [0.1, 0.15) is 12.4 Å². The molecule has 34 heavy (non-hydrogen) atoms. The second-order valence-electron chi connectivity index (χ2n) is 7.32. The van der Waals surface area contributed by atoms with Crippen LogP contribution in [0.5, 0.6) is 0 Å². The van der Waals surface area contributed by atoms with E-state index in [0.29, 0.717) is 24.3 Å². The molecule has 13 heteroatoms. The molecule has 3 heterocycles. The first-order chi connectivity index (χ1) is 16.3. The van der Waals surface area contributed by atoms with Crippen LogP contribution in [0.2, 0.25) is 0 Å². The number of aromatic nitrogens is 3. The molecule has 0 radical (unpaired) electrons. The van der Waals surface area contributed by atoms with Crippen LogP contribution in [0.3, 0.4) is 0 Å². The van der Waals surface area contributed by atoms with Crippen molar-refractivity contribution in [3.8, 4) is 11.4 Å². The minimum Gasteiger partial charge on any atom is -0.443 e. The van der Waals surface area contributed by atoms with Crippen molar-refractivity contribution < 1.29 is 36.4 Å². The Morgan fingerprint density at radius 2 is 1.79 bits per heavy atom. The van der Waals surface area contributed by atoms with Gasteiger partial charge in [0.25, 0.3) is 0 Å². The molecule has 0 aliphatic carbocycles. The summed E-state index contributed by atoms with van der Waals surface area (Å²) in [6, 6.07) is 9.17. The van der Waals surface area contributed by atoms with Crippen molar-refractivity contribution in [2.45, 2.75) is 19.3 Å². The fourth-order valence-corrected chi connectivity index (χ4v) is 3.14. The summed E-state index contributed by atoms with van der Waals surface area (Å²) < 4.78 is 66.4. The Hall–Kier alpha value is -3.74. The zero-order valence-corrected chi connectivity index (χ0v) is 17.7. The molecule has 4 rings (SSSR count). The maximum Gasteiger partial charge on any atom is 0.471 e. The highest BCUT2D eigenvalue weighted by atomic mass is 19.4. The Morgan fingerprint density at radius 1 is 1.09 bits per heavy atom. The molecular weight excluding hydrogens is 462 g/mol. The van der Waals surface area contributed by atoms with Crippen molar-refractivity contribution in [2.24, 2.45) is 0 Å². The number of alkyl halides is 3. The van der Waals surface area contributed by atoms with Crippen LogP contribution in [0.4, 0.5) is 28.3 Å². The average Bonchev–Trinajstić information content (AvgIpc) is 3.35. The van der Waals surface area contributed by atoms with Gasteiger partial charge in [0, 0.05) is 30.4 Å². The molecule has 1 amide bonds. The molecule has 0 unspecified atom stereocenters. The molecule has 1 aromatic carbocycles. The predicted molar refractivity (Wildman–Crippen MR) is 109 cm³/mol. The zero-order valence-electron chi connectivity index (χ0n) is 17.7. The first-order valence-electron chi connectivity index (χ1n) is 10.2. The average molecular weight is 481 g/mol. The van der Waals surface area contributed by atoms with E-state index in [-0.39, 0.29) is 23.1 Å². The number of ether oxygens (including phenoxy) is 2. The summed E-state index contributed by atoms with van der Waals surface area (Å²) in [5.74, 6) is -0.941. The number of carbonyl (C=O) groups excluding carboxylic acids is 1. The van der Waals surface area contributed by atoms with Gasteiger partial charge in [0.15, 0.2) is 0 Å². The molecule has 180 valence electrons. The van der Waals surface area contributed by atoms with Crippen molar-refractivity contribution in [2.75, 3.05) is 31.2 Å². The summed E-state index contributed by atoms with van der Waals surface area (Å²) in [6.07, 6.45) is -4.38. The monoisotopic (exact) mass is 481 g/mol. The van der Waals surface area contributed by atoms with Gasteiger partial charge < -0.3 is 18.9 Å². The van der Waals surface area contributed by atoms with Crippen molar-refractivity contribution in [1.29, 1.82) is 0 Å². The molecule has 0 spiro atoms. The van der Waals surface area contributed by atoms with Gasteiger partial charge in [-0.3, -0.25) is 0 Å². The van der Waals surface area contributed by atoms with Gasteiger partial charge in [0.2, 0.25) is 5.82 Å². The molecule has 9 nitrogen and oxygen atoms in total. The molecule has 1 saturated heterocycles. The summed E-state index contributed by atoms with van der Waals surface area (Å²) in [5.41, 5.74) is 1.21. The maximum absolute atomic E-state index is 14.2. The summed E-state index contributed by atoms with van der Waals surface area (Å²) in [4.78, 5) is 21.7. The number of hydrogen-bond acceptors (Lipinski definition) is 8. The van der Waals surface area contributed by atoms with Crippen LogP contribution in [0.1, 0.15) is 17.0 Å². The fourth-order valence-electron chi connectivity index (χ4n) is 3.14. The highest BCUT2D eigenvalue weighted by Gasteiger charge is 2.38. The van der Waals surface area contributed by atoms with Gasteiger partial charge in [-0.25, -0.2) is 9.78 Å². The number of carbonyl (C=O) groups is 1. The second-order valence-corrected chi connectivity index (χ2v) is 7.32. The van der Waals surface area contributed by atoms with Gasteiger partial charge in [-0.05, 0) is 11.6 Å². The normalized spacial score (nSPS) is 14.2. The highest BCUT2D eigenvalue weighted by molar-refractivity contribution is 5.66. The Morgan fingerprint density at radius 3 is 2.41 bits per heavy atom. The van der Waals surface area contributed by atoms with Crippen LogP contribution in [0, 0.1) is 0 Å². The summed E-state index contributed by atoms with van der Waals surface area (Å²) >= 11 is 0. The number of anilines is 1. The van der Waals surface area contributed by atoms with Crippen LogP contribution in [0.25, 0.3) is 11.4 Å². The molecule has 0 bridgehead atoms. The maximum atomic E-state index is 14.2. The molecule has 1 fully saturated rings. The first kappa shape index (κ1) is 23.4. The van der Waals surface area contributed by atoms with Crippen molar-refractivity contribution >= 4 is 11.9 Å². The first-order valence-corrected chi connectivity index (χ1v) is 10.2. The number of hydrogen-bond donors (Lipinski definition) is 0. The minimum atomic E-state index is -4.75. The van der Waals surface area contributed by atoms with Crippen LogP contribution < -0.4 is 4.90 Å². The molecule has 0 atom stereocenters. The summed E-state index contributed by atoms with van der Waals surface area (Å²) in [7, 11) is 0. The van der Waals surface area contributed by atoms with E-state index in [1.165, 1.54) is 24.3 Å². The number of rotatable bonds is 6. The van der Waals surface area contributed by atoms with Gasteiger partial charge in [-0.2, -0.15) is 18.2 Å². The van der Waals surface area contributed by atoms with Crippen LogP contribution in [-0.4, -0.2) is 52.6 Å². The lowest BCUT2D eigenvalue weighted by atomic mass is 10.1. The largest absolute Gasteiger partial charge is 0.471 e. The number of amides is 1. The van der Waals surface area contributed by atoms with Gasteiger partial charge in [-0.1, -0.05) is 40.0 Å². The number of pyridine rings is 1. The lowest BCUT2D eigenvalue weighted by Gasteiger charge is -2.27. The van der Waals surface area contributed by atoms with Gasteiger partial charge in [-0.15, -0.1) is 5.12 Å². The standard InChI is InChI=1S/C21H19F4N5O4/c22-21(23,24)19-27-18(28-34-19)16-4-1-14(2-5-16)12-30(25)20(31)33-13-15-3-6-17(26-11-15)29-7-9-32-10-8-29/h1-6,11H,7-10,12-13H2. The Balaban J connectivity index is 1.27. The third-order valence-electron chi connectivity index (χ3n) is 4.91. The molecule has 3 aromatic rings. The van der Waals surface area contributed by atoms with Crippen LogP contribution >= 0.6 is 0 Å². The van der Waals surface area contributed by atoms with E-state index >= 15 is 0 Å². The molecule has 2 aromatic heterocycles. The van der Waals surface area contributed by atoms with E-state index in [4.69, 9.17) is 9.47 Å². The lowest BCUT2D eigenvalue weighted by Crippen LogP contribution is -2.36. The fraction of sp³-hybridized carbons (Fsp3) is 0.333. The van der Waals surface area contributed by atoms with Crippen molar-refractivity contribution in [1.82, 2.24) is 20.2 Å². The topological polar surface area (TPSA) is 93.8 Å². The smallest absolute Gasteiger partial charge is 0.443 e. The molecule has 1 aliphatic heterocycles. The van der Waals surface area contributed by atoms with E-state index in [0.717, 1.165) is 18.9 Å². The Kier molecular flexibility index (Phi) is 6.91. The van der Waals surface area contributed by atoms with Gasteiger partial charge >= 0.3 is 18.2 Å². The van der Waals surface area contributed by atoms with E-state index < -0.39 is 24.7 Å². The van der Waals surface area contributed by atoms with Crippen LogP contribution in [-0.2, 0) is 28.8 Å². The Labute approximate surface area is 190 Å². The number of nitrogens with zero attached hydrogens (tertiary/aromatic N) is 5. The zero-order chi connectivity index (χ0) is 24.1. The highest BCUT2D eigenvalue weighted by Crippen LogP contribution is 2.29. The number of morpholine rings is 1. The van der Waals surface area contributed by atoms with E-state index in [1.807, 2.05) is 0 Å². The number of halogens is 4. The third kappa shape index (κ3) is 5.78. The quantitative estimate of drug-likeness (QED) is 0.385. The molecule has 0 N–H and O–H groups in total. The Bertz CT molecular complexity index is 1100. The van der Waals surface area contributed by atoms with Crippen molar-refractivity contribution in [3.63, 3.8) is 0 Å². The summed E-state index contributed by atoms with van der Waals surface area (Å²) in [5, 5.41) is 3.17. The van der Waals surface area contributed by atoms with Crippen molar-refractivity contribution in [3.05, 3.63) is 59.6 Å². The minimum absolute atomic E-state index is 0.110. The van der Waals surface area contributed by atoms with Crippen LogP contribution in [0.15, 0.2) is 47.1 Å². The van der Waals surface area contributed by atoms with E-state index in [9.17, 15) is 22.4 Å². The number of benzene rings is 1. The third-order valence-corrected chi connectivity index (χ3v) is 4.91. The molecular formula is C21H19F4N5O4. The predicted octanol–water partition coefficient (Wildman–Crippen LogP) is 4.01. The SMILES string of the molecule is O=C(OCc1ccc(N2CCOCC2)nc1)N(F)Cc1ccc(-c2noc(C(F)(F)F)n2)cc1. The second kappa shape index (κ2) is 10.0. The van der Waals surface area contributed by atoms with Gasteiger partial charge in [0.05, 0.1) is 19.8 Å². The van der Waals surface area contributed by atoms with E-state index in [1.54, 1.807) is 18.3 Å². The molecule has 0 saturated carbocycles. The lowest BCUT2D eigenvalue weighted by molar-refractivity contribution is -0.159. The van der Waals surface area contributed by atoms with E-state index in [2.05, 4.69) is 24.5 Å². The summed E-state index contributed by atoms with van der Waals surface area (Å²) in [6.45, 7) is 2.16. The molecule has 1 aliphatic rings.